The topological polar surface area (TPSA) is 69.6 Å². The maximum atomic E-state index is 12.5. The van der Waals surface area contributed by atoms with Crippen molar-refractivity contribution in [3.63, 3.8) is 0 Å². The molecular weight excluding hydrogens is 759 g/mol. The fourth-order valence-electron chi connectivity index (χ4n) is 7.61. The van der Waals surface area contributed by atoms with Crippen molar-refractivity contribution in [2.75, 3.05) is 6.61 Å². The van der Waals surface area contributed by atoms with E-state index < -0.39 is 12.1 Å². The molecule has 4 nitrogen and oxygen atoms in total. The molecule has 0 rings (SSSR count). The monoisotopic (exact) mass is 860 g/mol. The molecular formula is C58H101NO3. The summed E-state index contributed by atoms with van der Waals surface area (Å²) in [7, 11) is 0. The van der Waals surface area contributed by atoms with E-state index in [1.54, 1.807) is 0 Å². The molecule has 2 unspecified atom stereocenters. The van der Waals surface area contributed by atoms with Crippen LogP contribution in [0.2, 0.25) is 0 Å². The predicted octanol–water partition coefficient (Wildman–Crippen LogP) is 17.4. The first-order valence-corrected chi connectivity index (χ1v) is 26.4. The Morgan fingerprint density at radius 2 is 0.710 bits per heavy atom. The fraction of sp³-hybridized carbons (Fsp3) is 0.707. The average molecular weight is 860 g/mol. The van der Waals surface area contributed by atoms with Gasteiger partial charge in [0.15, 0.2) is 0 Å². The molecule has 2 atom stereocenters. The molecule has 0 aliphatic carbocycles. The second-order valence-electron chi connectivity index (χ2n) is 17.6. The molecule has 0 spiro atoms. The highest BCUT2D eigenvalue weighted by Crippen LogP contribution is 2.16. The number of nitrogens with one attached hydrogen (secondary N) is 1. The van der Waals surface area contributed by atoms with Gasteiger partial charge >= 0.3 is 0 Å². The number of carbonyl (C=O) groups excluding carboxylic acids is 1. The smallest absolute Gasteiger partial charge is 0.220 e. The van der Waals surface area contributed by atoms with Gasteiger partial charge in [-0.25, -0.2) is 0 Å². The van der Waals surface area contributed by atoms with Crippen LogP contribution in [-0.2, 0) is 4.79 Å². The second kappa shape index (κ2) is 52.7. The molecule has 0 aliphatic heterocycles. The summed E-state index contributed by atoms with van der Waals surface area (Å²) in [6.45, 7) is 4.24. The van der Waals surface area contributed by atoms with Gasteiger partial charge in [0, 0.05) is 6.42 Å². The van der Waals surface area contributed by atoms with Gasteiger partial charge in [0.05, 0.1) is 18.8 Å². The number of unbranched alkanes of at least 4 members (excludes halogenated alkanes) is 24. The normalized spacial score (nSPS) is 13.7. The van der Waals surface area contributed by atoms with Crippen LogP contribution in [0.4, 0.5) is 0 Å². The highest BCUT2D eigenvalue weighted by molar-refractivity contribution is 5.76. The average Bonchev–Trinajstić information content (AvgIpc) is 3.28. The Morgan fingerprint density at radius 3 is 1.06 bits per heavy atom. The third-order valence-electron chi connectivity index (χ3n) is 11.6. The molecule has 0 saturated carbocycles. The minimum Gasteiger partial charge on any atom is -0.394 e. The van der Waals surface area contributed by atoms with Gasteiger partial charge in [-0.2, -0.15) is 0 Å². The number of carbonyl (C=O) groups is 1. The minimum atomic E-state index is -0.673. The third kappa shape index (κ3) is 48.3. The molecule has 0 aromatic rings. The van der Waals surface area contributed by atoms with Crippen LogP contribution in [0.3, 0.4) is 0 Å². The molecule has 3 N–H and O–H groups in total. The van der Waals surface area contributed by atoms with Crippen LogP contribution < -0.4 is 5.32 Å². The number of rotatable bonds is 47. The fourth-order valence-corrected chi connectivity index (χ4v) is 7.61. The largest absolute Gasteiger partial charge is 0.394 e. The van der Waals surface area contributed by atoms with Crippen LogP contribution in [0.5, 0.6) is 0 Å². The van der Waals surface area contributed by atoms with Crippen molar-refractivity contribution in [1.29, 1.82) is 0 Å². The molecule has 4 heteroatoms. The summed E-state index contributed by atoms with van der Waals surface area (Å²) < 4.78 is 0. The van der Waals surface area contributed by atoms with E-state index in [0.717, 1.165) is 89.9 Å². The lowest BCUT2D eigenvalue weighted by Crippen LogP contribution is -2.45. The molecule has 356 valence electrons. The van der Waals surface area contributed by atoms with Crippen molar-refractivity contribution in [1.82, 2.24) is 5.32 Å². The quantitative estimate of drug-likeness (QED) is 0.0422. The Bertz CT molecular complexity index is 1160. The van der Waals surface area contributed by atoms with E-state index in [1.807, 2.05) is 0 Å². The Kier molecular flexibility index (Phi) is 50.4. The Labute approximate surface area is 385 Å². The highest BCUT2D eigenvalue weighted by Gasteiger charge is 2.20. The first-order valence-electron chi connectivity index (χ1n) is 26.4. The van der Waals surface area contributed by atoms with E-state index in [9.17, 15) is 15.0 Å². The van der Waals surface area contributed by atoms with Gasteiger partial charge in [0.1, 0.15) is 0 Å². The van der Waals surface area contributed by atoms with E-state index in [1.165, 1.54) is 128 Å². The van der Waals surface area contributed by atoms with E-state index in [2.05, 4.69) is 116 Å². The van der Waals surface area contributed by atoms with Crippen molar-refractivity contribution in [2.45, 2.75) is 257 Å². The molecule has 0 fully saturated rings. The van der Waals surface area contributed by atoms with Gasteiger partial charge in [-0.15, -0.1) is 0 Å². The number of allylic oxidation sites excluding steroid dienone is 16. The van der Waals surface area contributed by atoms with Crippen LogP contribution in [0, 0.1) is 0 Å². The van der Waals surface area contributed by atoms with Crippen LogP contribution in [0.1, 0.15) is 245 Å². The Morgan fingerprint density at radius 1 is 0.403 bits per heavy atom. The minimum absolute atomic E-state index is 0.0483. The maximum absolute atomic E-state index is 12.5. The molecule has 1 amide bonds. The summed E-state index contributed by atoms with van der Waals surface area (Å²) in [6.07, 6.45) is 77.9. The first kappa shape index (κ1) is 59.3. The summed E-state index contributed by atoms with van der Waals surface area (Å²) in [5, 5.41) is 23.3. The third-order valence-corrected chi connectivity index (χ3v) is 11.6. The van der Waals surface area contributed by atoms with Crippen molar-refractivity contribution < 1.29 is 15.0 Å². The van der Waals surface area contributed by atoms with Crippen molar-refractivity contribution in [2.24, 2.45) is 0 Å². The van der Waals surface area contributed by atoms with Gasteiger partial charge in [0.2, 0.25) is 5.91 Å². The molecule has 0 aliphatic rings. The summed E-state index contributed by atoms with van der Waals surface area (Å²) in [5.41, 5.74) is 0. The molecule has 0 radical (unpaired) electrons. The number of hydrogen-bond acceptors (Lipinski definition) is 3. The lowest BCUT2D eigenvalue weighted by atomic mass is 10.0. The van der Waals surface area contributed by atoms with Crippen LogP contribution in [0.15, 0.2) is 97.2 Å². The number of amides is 1. The summed E-state index contributed by atoms with van der Waals surface area (Å²) in [6, 6.07) is -0.552. The van der Waals surface area contributed by atoms with Crippen molar-refractivity contribution in [3.8, 4) is 0 Å². The van der Waals surface area contributed by atoms with Gasteiger partial charge in [-0.05, 0) is 77.0 Å². The van der Waals surface area contributed by atoms with E-state index in [-0.39, 0.29) is 12.5 Å². The van der Waals surface area contributed by atoms with Gasteiger partial charge in [0.25, 0.3) is 0 Å². The van der Waals surface area contributed by atoms with E-state index >= 15 is 0 Å². The molecule has 0 saturated heterocycles. The molecule has 0 aromatic carbocycles. The second-order valence-corrected chi connectivity index (χ2v) is 17.6. The van der Waals surface area contributed by atoms with Crippen LogP contribution in [0.25, 0.3) is 0 Å². The van der Waals surface area contributed by atoms with Crippen molar-refractivity contribution >= 4 is 5.91 Å². The summed E-state index contributed by atoms with van der Waals surface area (Å²) in [5.74, 6) is -0.0483. The first-order chi connectivity index (χ1) is 30.7. The van der Waals surface area contributed by atoms with Gasteiger partial charge in [-0.1, -0.05) is 259 Å². The molecule has 62 heavy (non-hydrogen) atoms. The zero-order chi connectivity index (χ0) is 44.9. The Hall–Kier alpha value is -2.69. The van der Waals surface area contributed by atoms with Gasteiger partial charge < -0.3 is 15.5 Å². The Balaban J connectivity index is 3.61. The van der Waals surface area contributed by atoms with Crippen molar-refractivity contribution in [3.05, 3.63) is 97.2 Å². The van der Waals surface area contributed by atoms with E-state index in [0.29, 0.717) is 12.8 Å². The number of hydrogen-bond donors (Lipinski definition) is 3. The lowest BCUT2D eigenvalue weighted by molar-refractivity contribution is -0.123. The molecule has 0 heterocycles. The molecule has 0 bridgehead atoms. The standard InChI is InChI=1S/C58H101NO3/c1-3-5-7-9-11-13-15-17-19-21-23-24-25-26-27-28-29-30-31-32-33-34-36-38-40-42-44-46-48-50-52-54-58(62)59-56(55-60)57(61)53-51-49-47-45-43-41-39-37-35-22-20-18-16-14-12-10-8-6-4-2/h5,7,11,13,17,19,23-24,26-27,29-30,32-33,36,38,56-57,60-61H,3-4,6,8-10,12,14-16,18,20-22,25,28,31,34-35,37,39-55H2,1-2H3,(H,59,62)/b7-5-,13-11-,19-17-,24-23-,27-26-,30-29-,33-32-,38-36-. The summed E-state index contributed by atoms with van der Waals surface area (Å²) in [4.78, 5) is 12.5. The zero-order valence-corrected chi connectivity index (χ0v) is 40.9. The lowest BCUT2D eigenvalue weighted by Gasteiger charge is -2.22. The zero-order valence-electron chi connectivity index (χ0n) is 40.9. The van der Waals surface area contributed by atoms with E-state index in [4.69, 9.17) is 0 Å². The highest BCUT2D eigenvalue weighted by atomic mass is 16.3. The molecule has 0 aromatic heterocycles. The van der Waals surface area contributed by atoms with Crippen LogP contribution in [-0.4, -0.2) is 34.9 Å². The van der Waals surface area contributed by atoms with Crippen LogP contribution >= 0.6 is 0 Å². The number of aliphatic hydroxyl groups excluding tert-OH is 2. The maximum Gasteiger partial charge on any atom is 0.220 e. The SMILES string of the molecule is CC/C=C\C/C=C\C/C=C\C/C=C\C/C=C\C/C=C\C/C=C\C/C=C\CCCCCCCCC(=O)NC(CO)C(O)CCCCCCCCCCCCCCCCCCCCC. The predicted molar refractivity (Wildman–Crippen MR) is 276 cm³/mol. The number of aliphatic hydroxyl groups is 2. The van der Waals surface area contributed by atoms with Gasteiger partial charge in [-0.3, -0.25) is 4.79 Å². The summed E-state index contributed by atoms with van der Waals surface area (Å²) >= 11 is 0.